The minimum atomic E-state index is -0.342. The molecule has 4 nitrogen and oxygen atoms in total. The van der Waals surface area contributed by atoms with Crippen LogP contribution in [0.15, 0.2) is 12.1 Å². The topological polar surface area (TPSA) is 68.3 Å². The van der Waals surface area contributed by atoms with Crippen molar-refractivity contribution in [3.63, 3.8) is 0 Å². The average molecular weight is 218 g/mol. The number of rotatable bonds is 3. The Kier molecular flexibility index (Phi) is 2.49. The van der Waals surface area contributed by atoms with Gasteiger partial charge in [-0.3, -0.25) is 0 Å². The quantitative estimate of drug-likeness (QED) is 0.835. The molecule has 0 saturated heterocycles. The van der Waals surface area contributed by atoms with E-state index in [0.717, 1.165) is 18.4 Å². The maximum absolute atomic E-state index is 8.94. The lowest BCUT2D eigenvalue weighted by atomic mass is 10.0. The van der Waals surface area contributed by atoms with E-state index in [4.69, 9.17) is 20.5 Å². The third kappa shape index (κ3) is 1.59. The van der Waals surface area contributed by atoms with E-state index in [0.29, 0.717) is 17.1 Å². The van der Waals surface area contributed by atoms with Crippen molar-refractivity contribution in [1.82, 2.24) is 0 Å². The van der Waals surface area contributed by atoms with Crippen LogP contribution in [0, 0.1) is 11.3 Å². The second-order valence-electron chi connectivity index (χ2n) is 4.03. The maximum Gasteiger partial charge on any atom is 0.165 e. The van der Waals surface area contributed by atoms with Gasteiger partial charge in [0.1, 0.15) is 0 Å². The predicted octanol–water partition coefficient (Wildman–Crippen LogP) is 1.52. The molecule has 0 spiro atoms. The van der Waals surface area contributed by atoms with Gasteiger partial charge in [0.15, 0.2) is 11.5 Å². The van der Waals surface area contributed by atoms with Crippen molar-refractivity contribution in [1.29, 1.82) is 5.26 Å². The molecule has 84 valence electrons. The summed E-state index contributed by atoms with van der Waals surface area (Å²) in [4.78, 5) is 0. The summed E-state index contributed by atoms with van der Waals surface area (Å²) in [5.74, 6) is 1.20. The highest BCUT2D eigenvalue weighted by molar-refractivity contribution is 5.56. The van der Waals surface area contributed by atoms with Gasteiger partial charge in [0.05, 0.1) is 25.9 Å². The van der Waals surface area contributed by atoms with Crippen LogP contribution in [-0.4, -0.2) is 14.2 Å². The van der Waals surface area contributed by atoms with E-state index in [9.17, 15) is 0 Å². The fraction of sp³-hybridized carbons (Fsp3) is 0.417. The number of hydrogen-bond acceptors (Lipinski definition) is 4. The van der Waals surface area contributed by atoms with Crippen LogP contribution in [0.1, 0.15) is 24.0 Å². The third-order valence-electron chi connectivity index (χ3n) is 2.93. The molecule has 0 atom stereocenters. The summed E-state index contributed by atoms with van der Waals surface area (Å²) in [6.45, 7) is 0. The molecule has 1 saturated carbocycles. The van der Waals surface area contributed by atoms with Gasteiger partial charge in [-0.2, -0.15) is 5.26 Å². The van der Waals surface area contributed by atoms with E-state index in [1.807, 2.05) is 0 Å². The van der Waals surface area contributed by atoms with Gasteiger partial charge in [0, 0.05) is 17.2 Å². The Hall–Kier alpha value is -1.73. The van der Waals surface area contributed by atoms with Crippen LogP contribution in [-0.2, 0) is 5.54 Å². The summed E-state index contributed by atoms with van der Waals surface area (Å²) in [5, 5.41) is 8.94. The number of nitrogens with two attached hydrogens (primary N) is 1. The first kappa shape index (κ1) is 10.8. The summed E-state index contributed by atoms with van der Waals surface area (Å²) in [6.07, 6.45) is 1.84. The molecule has 1 aliphatic rings. The number of nitrogens with zero attached hydrogens (tertiary/aromatic N) is 1. The van der Waals surface area contributed by atoms with Gasteiger partial charge in [-0.1, -0.05) is 0 Å². The molecule has 1 aromatic carbocycles. The van der Waals surface area contributed by atoms with Crippen molar-refractivity contribution in [3.05, 3.63) is 23.3 Å². The Morgan fingerprint density at radius 1 is 1.31 bits per heavy atom. The molecule has 0 bridgehead atoms. The summed E-state index contributed by atoms with van der Waals surface area (Å²) < 4.78 is 10.5. The summed E-state index contributed by atoms with van der Waals surface area (Å²) >= 11 is 0. The van der Waals surface area contributed by atoms with Crippen LogP contribution >= 0.6 is 0 Å². The van der Waals surface area contributed by atoms with Crippen LogP contribution < -0.4 is 15.2 Å². The zero-order valence-electron chi connectivity index (χ0n) is 9.41. The number of benzene rings is 1. The fourth-order valence-corrected chi connectivity index (χ4v) is 1.80. The molecule has 16 heavy (non-hydrogen) atoms. The average Bonchev–Trinajstić information content (AvgIpc) is 3.06. The molecule has 0 aromatic heterocycles. The van der Waals surface area contributed by atoms with E-state index in [1.165, 1.54) is 0 Å². The van der Waals surface area contributed by atoms with Gasteiger partial charge >= 0.3 is 0 Å². The third-order valence-corrected chi connectivity index (χ3v) is 2.93. The molecule has 1 aromatic rings. The molecule has 0 radical (unpaired) electrons. The molecule has 0 aliphatic heterocycles. The monoisotopic (exact) mass is 218 g/mol. The highest BCUT2D eigenvalue weighted by Gasteiger charge is 2.43. The molecule has 4 heteroatoms. The standard InChI is InChI=1S/C12H14N2O2/c1-15-10-6-8(7-13)5-9(11(10)16-2)12(14)3-4-12/h5-6H,3-4,14H2,1-2H3. The molecule has 0 heterocycles. The van der Waals surface area contributed by atoms with E-state index < -0.39 is 0 Å². The molecule has 2 rings (SSSR count). The lowest BCUT2D eigenvalue weighted by Crippen LogP contribution is -2.20. The van der Waals surface area contributed by atoms with Crippen LogP contribution in [0.2, 0.25) is 0 Å². The predicted molar refractivity (Wildman–Crippen MR) is 59.4 cm³/mol. The highest BCUT2D eigenvalue weighted by Crippen LogP contribution is 2.49. The minimum Gasteiger partial charge on any atom is -0.493 e. The molecular formula is C12H14N2O2. The van der Waals surface area contributed by atoms with E-state index in [-0.39, 0.29) is 5.54 Å². The SMILES string of the molecule is COc1cc(C#N)cc(C2(N)CC2)c1OC. The van der Waals surface area contributed by atoms with Gasteiger partial charge in [0.25, 0.3) is 0 Å². The Bertz CT molecular complexity index is 459. The molecular weight excluding hydrogens is 204 g/mol. The molecule has 0 unspecified atom stereocenters. The van der Waals surface area contributed by atoms with Crippen molar-refractivity contribution >= 4 is 0 Å². The van der Waals surface area contributed by atoms with Crippen molar-refractivity contribution in [2.75, 3.05) is 14.2 Å². The van der Waals surface area contributed by atoms with Gasteiger partial charge in [-0.25, -0.2) is 0 Å². The minimum absolute atomic E-state index is 0.342. The molecule has 0 amide bonds. The van der Waals surface area contributed by atoms with Crippen LogP contribution in [0.25, 0.3) is 0 Å². The van der Waals surface area contributed by atoms with E-state index in [2.05, 4.69) is 6.07 Å². The normalized spacial score (nSPS) is 16.4. The lowest BCUT2D eigenvalue weighted by Gasteiger charge is -2.17. The smallest absolute Gasteiger partial charge is 0.165 e. The fourth-order valence-electron chi connectivity index (χ4n) is 1.80. The molecule has 1 aliphatic carbocycles. The van der Waals surface area contributed by atoms with Crippen LogP contribution in [0.3, 0.4) is 0 Å². The number of methoxy groups -OCH3 is 2. The van der Waals surface area contributed by atoms with Crippen LogP contribution in [0.5, 0.6) is 11.5 Å². The Morgan fingerprint density at radius 2 is 2.00 bits per heavy atom. The summed E-state index contributed by atoms with van der Waals surface area (Å²) in [7, 11) is 3.14. The largest absolute Gasteiger partial charge is 0.493 e. The van der Waals surface area contributed by atoms with Crippen molar-refractivity contribution in [3.8, 4) is 17.6 Å². The maximum atomic E-state index is 8.94. The highest BCUT2D eigenvalue weighted by atomic mass is 16.5. The number of hydrogen-bond donors (Lipinski definition) is 1. The van der Waals surface area contributed by atoms with Crippen LogP contribution in [0.4, 0.5) is 0 Å². The summed E-state index contributed by atoms with van der Waals surface area (Å²) in [5.41, 5.74) is 7.22. The Labute approximate surface area is 94.6 Å². The number of ether oxygens (including phenoxy) is 2. The van der Waals surface area contributed by atoms with Gasteiger partial charge in [-0.05, 0) is 18.9 Å². The second-order valence-corrected chi connectivity index (χ2v) is 4.03. The van der Waals surface area contributed by atoms with Gasteiger partial charge < -0.3 is 15.2 Å². The molecule has 2 N–H and O–H groups in total. The second kappa shape index (κ2) is 3.69. The number of nitriles is 1. The van der Waals surface area contributed by atoms with E-state index >= 15 is 0 Å². The van der Waals surface area contributed by atoms with Crippen molar-refractivity contribution < 1.29 is 9.47 Å². The first-order valence-corrected chi connectivity index (χ1v) is 5.10. The Balaban J connectivity index is 2.61. The van der Waals surface area contributed by atoms with Crippen molar-refractivity contribution in [2.45, 2.75) is 18.4 Å². The van der Waals surface area contributed by atoms with E-state index in [1.54, 1.807) is 26.4 Å². The zero-order valence-corrected chi connectivity index (χ0v) is 9.41. The summed E-state index contributed by atoms with van der Waals surface area (Å²) in [6, 6.07) is 5.55. The zero-order chi connectivity index (χ0) is 11.8. The first-order chi connectivity index (χ1) is 7.64. The van der Waals surface area contributed by atoms with Gasteiger partial charge in [-0.15, -0.1) is 0 Å². The molecule has 1 fully saturated rings. The lowest BCUT2D eigenvalue weighted by molar-refractivity contribution is 0.348. The first-order valence-electron chi connectivity index (χ1n) is 5.10. The Morgan fingerprint density at radius 3 is 2.44 bits per heavy atom. The van der Waals surface area contributed by atoms with Gasteiger partial charge in [0.2, 0.25) is 0 Å². The van der Waals surface area contributed by atoms with Crippen molar-refractivity contribution in [2.24, 2.45) is 5.73 Å².